The lowest BCUT2D eigenvalue weighted by molar-refractivity contribution is 0.0286. The predicted molar refractivity (Wildman–Crippen MR) is 55.1 cm³/mol. The van der Waals surface area contributed by atoms with E-state index in [1.54, 1.807) is 0 Å². The summed E-state index contributed by atoms with van der Waals surface area (Å²) >= 11 is 0. The fourth-order valence-electron chi connectivity index (χ4n) is 1.68. The molecule has 0 radical (unpaired) electrons. The van der Waals surface area contributed by atoms with Crippen molar-refractivity contribution in [2.24, 2.45) is 0 Å². The van der Waals surface area contributed by atoms with E-state index in [1.165, 1.54) is 5.56 Å². The summed E-state index contributed by atoms with van der Waals surface area (Å²) in [5.41, 5.74) is 1.23. The van der Waals surface area contributed by atoms with E-state index < -0.39 is 0 Å². The van der Waals surface area contributed by atoms with Crippen molar-refractivity contribution in [1.82, 2.24) is 0 Å². The standard InChI is InChI=1S/C12H16O2/c1-10-7-12(9-13-10)14-8-11-5-3-2-4-6-11/h2-6,10,12H,7-9H2,1H3. The van der Waals surface area contributed by atoms with Crippen molar-refractivity contribution in [2.45, 2.75) is 32.2 Å². The van der Waals surface area contributed by atoms with Crippen molar-refractivity contribution in [3.05, 3.63) is 35.9 Å². The van der Waals surface area contributed by atoms with Gasteiger partial charge < -0.3 is 9.47 Å². The first-order valence-corrected chi connectivity index (χ1v) is 5.12. The third-order valence-electron chi connectivity index (χ3n) is 2.49. The molecule has 2 rings (SSSR count). The molecule has 1 fully saturated rings. The van der Waals surface area contributed by atoms with Crippen LogP contribution in [0.5, 0.6) is 0 Å². The molecule has 1 saturated heterocycles. The van der Waals surface area contributed by atoms with Gasteiger partial charge in [-0.05, 0) is 12.5 Å². The monoisotopic (exact) mass is 192 g/mol. The average Bonchev–Trinajstić information content (AvgIpc) is 2.63. The molecule has 2 atom stereocenters. The van der Waals surface area contributed by atoms with Crippen LogP contribution in [0, 0.1) is 0 Å². The first-order valence-electron chi connectivity index (χ1n) is 5.12. The second kappa shape index (κ2) is 4.58. The van der Waals surface area contributed by atoms with Crippen molar-refractivity contribution < 1.29 is 9.47 Å². The van der Waals surface area contributed by atoms with Crippen LogP contribution in [0.1, 0.15) is 18.9 Å². The van der Waals surface area contributed by atoms with Crippen LogP contribution in [-0.4, -0.2) is 18.8 Å². The third-order valence-corrected chi connectivity index (χ3v) is 2.49. The molecule has 0 saturated carbocycles. The maximum absolute atomic E-state index is 5.73. The summed E-state index contributed by atoms with van der Waals surface area (Å²) in [6, 6.07) is 10.3. The molecule has 14 heavy (non-hydrogen) atoms. The van der Waals surface area contributed by atoms with E-state index in [0.717, 1.165) is 13.0 Å². The minimum atomic E-state index is 0.283. The second-order valence-electron chi connectivity index (χ2n) is 3.80. The Balaban J connectivity index is 1.78. The van der Waals surface area contributed by atoms with Crippen LogP contribution >= 0.6 is 0 Å². The summed E-state index contributed by atoms with van der Waals surface area (Å²) in [6.07, 6.45) is 1.66. The Hall–Kier alpha value is -0.860. The largest absolute Gasteiger partial charge is 0.376 e. The molecule has 0 N–H and O–H groups in total. The zero-order chi connectivity index (χ0) is 9.80. The first-order chi connectivity index (χ1) is 6.84. The minimum Gasteiger partial charge on any atom is -0.376 e. The van der Waals surface area contributed by atoms with E-state index in [2.05, 4.69) is 19.1 Å². The zero-order valence-electron chi connectivity index (χ0n) is 8.48. The van der Waals surface area contributed by atoms with Crippen LogP contribution in [-0.2, 0) is 16.1 Å². The lowest BCUT2D eigenvalue weighted by Crippen LogP contribution is -2.12. The molecule has 2 heteroatoms. The van der Waals surface area contributed by atoms with E-state index in [-0.39, 0.29) is 6.10 Å². The van der Waals surface area contributed by atoms with Crippen LogP contribution < -0.4 is 0 Å². The quantitative estimate of drug-likeness (QED) is 0.732. The zero-order valence-corrected chi connectivity index (χ0v) is 8.48. The Labute approximate surface area is 84.8 Å². The minimum absolute atomic E-state index is 0.283. The second-order valence-corrected chi connectivity index (χ2v) is 3.80. The molecule has 1 heterocycles. The third kappa shape index (κ3) is 2.56. The molecule has 1 aromatic carbocycles. The molecule has 1 aliphatic rings. The van der Waals surface area contributed by atoms with E-state index in [4.69, 9.17) is 9.47 Å². The topological polar surface area (TPSA) is 18.5 Å². The molecule has 2 nitrogen and oxygen atoms in total. The maximum atomic E-state index is 5.73. The SMILES string of the molecule is CC1CC(OCc2ccccc2)CO1. The highest BCUT2D eigenvalue weighted by atomic mass is 16.5. The molecule has 76 valence electrons. The summed E-state index contributed by atoms with van der Waals surface area (Å²) in [6.45, 7) is 3.53. The molecule has 0 spiro atoms. The van der Waals surface area contributed by atoms with Gasteiger partial charge in [0.1, 0.15) is 0 Å². The Bertz CT molecular complexity index is 271. The highest BCUT2D eigenvalue weighted by Gasteiger charge is 2.22. The summed E-state index contributed by atoms with van der Waals surface area (Å²) in [5.74, 6) is 0. The highest BCUT2D eigenvalue weighted by Crippen LogP contribution is 2.16. The van der Waals surface area contributed by atoms with Gasteiger partial charge in [0.05, 0.1) is 25.4 Å². The van der Waals surface area contributed by atoms with Gasteiger partial charge >= 0.3 is 0 Å². The predicted octanol–water partition coefficient (Wildman–Crippen LogP) is 2.38. The van der Waals surface area contributed by atoms with Gasteiger partial charge in [0, 0.05) is 6.42 Å². The van der Waals surface area contributed by atoms with Crippen LogP contribution in [0.4, 0.5) is 0 Å². The van der Waals surface area contributed by atoms with Crippen molar-refractivity contribution in [3.63, 3.8) is 0 Å². The van der Waals surface area contributed by atoms with Gasteiger partial charge in [0.25, 0.3) is 0 Å². The molecule has 0 bridgehead atoms. The van der Waals surface area contributed by atoms with Crippen LogP contribution in [0.3, 0.4) is 0 Å². The molecule has 0 aliphatic carbocycles. The molecule has 0 aromatic heterocycles. The van der Waals surface area contributed by atoms with Gasteiger partial charge in [-0.2, -0.15) is 0 Å². The summed E-state index contributed by atoms with van der Waals surface area (Å²) in [7, 11) is 0. The van der Waals surface area contributed by atoms with E-state index in [9.17, 15) is 0 Å². The van der Waals surface area contributed by atoms with E-state index in [0.29, 0.717) is 12.7 Å². The van der Waals surface area contributed by atoms with E-state index in [1.807, 2.05) is 18.2 Å². The fraction of sp³-hybridized carbons (Fsp3) is 0.500. The maximum Gasteiger partial charge on any atom is 0.0837 e. The summed E-state index contributed by atoms with van der Waals surface area (Å²) in [4.78, 5) is 0. The lowest BCUT2D eigenvalue weighted by Gasteiger charge is -2.09. The number of hydrogen-bond donors (Lipinski definition) is 0. The smallest absolute Gasteiger partial charge is 0.0837 e. The molecular formula is C12H16O2. The Morgan fingerprint density at radius 2 is 2.14 bits per heavy atom. The number of ether oxygens (including phenoxy) is 2. The number of hydrogen-bond acceptors (Lipinski definition) is 2. The van der Waals surface area contributed by atoms with Crippen LogP contribution in [0.25, 0.3) is 0 Å². The summed E-state index contributed by atoms with van der Waals surface area (Å²) in [5, 5.41) is 0. The molecule has 1 aliphatic heterocycles. The van der Waals surface area contributed by atoms with Gasteiger partial charge in [0.2, 0.25) is 0 Å². The van der Waals surface area contributed by atoms with Gasteiger partial charge in [0.15, 0.2) is 0 Å². The Kier molecular flexibility index (Phi) is 3.17. The van der Waals surface area contributed by atoms with Gasteiger partial charge in [-0.3, -0.25) is 0 Å². The molecule has 2 unspecified atom stereocenters. The van der Waals surface area contributed by atoms with Crippen LogP contribution in [0.15, 0.2) is 30.3 Å². The van der Waals surface area contributed by atoms with Gasteiger partial charge in [-0.25, -0.2) is 0 Å². The van der Waals surface area contributed by atoms with Crippen molar-refractivity contribution in [3.8, 4) is 0 Å². The molecular weight excluding hydrogens is 176 g/mol. The van der Waals surface area contributed by atoms with Gasteiger partial charge in [-0.15, -0.1) is 0 Å². The fourth-order valence-corrected chi connectivity index (χ4v) is 1.68. The number of rotatable bonds is 3. The van der Waals surface area contributed by atoms with Crippen molar-refractivity contribution >= 4 is 0 Å². The van der Waals surface area contributed by atoms with Crippen molar-refractivity contribution in [2.75, 3.05) is 6.61 Å². The Morgan fingerprint density at radius 1 is 1.36 bits per heavy atom. The molecule has 0 amide bonds. The first kappa shape index (κ1) is 9.69. The van der Waals surface area contributed by atoms with Gasteiger partial charge in [-0.1, -0.05) is 30.3 Å². The molecule has 1 aromatic rings. The van der Waals surface area contributed by atoms with E-state index >= 15 is 0 Å². The normalized spacial score (nSPS) is 26.6. The average molecular weight is 192 g/mol. The summed E-state index contributed by atoms with van der Waals surface area (Å²) < 4.78 is 11.2. The number of benzene rings is 1. The highest BCUT2D eigenvalue weighted by molar-refractivity contribution is 5.13. The van der Waals surface area contributed by atoms with Crippen molar-refractivity contribution in [1.29, 1.82) is 0 Å². The van der Waals surface area contributed by atoms with Crippen LogP contribution in [0.2, 0.25) is 0 Å². The lowest BCUT2D eigenvalue weighted by atomic mass is 10.2. The Morgan fingerprint density at radius 3 is 2.79 bits per heavy atom.